The fraction of sp³-hybridized carbons (Fsp3) is 0.632. The van der Waals surface area contributed by atoms with Crippen LogP contribution >= 0.6 is 0 Å². The Morgan fingerprint density at radius 1 is 1.07 bits per heavy atom. The molecule has 2 aliphatic rings. The minimum atomic E-state index is -3.88. The van der Waals surface area contributed by atoms with E-state index >= 15 is 0 Å². The Morgan fingerprint density at radius 3 is 2.48 bits per heavy atom. The molecule has 8 heteroatoms. The summed E-state index contributed by atoms with van der Waals surface area (Å²) in [7, 11) is -0.972. The molecule has 3 rings (SSSR count). The zero-order chi connectivity index (χ0) is 19.4. The molecule has 1 heterocycles. The molecule has 1 amide bonds. The first-order valence-corrected chi connectivity index (χ1v) is 11.0. The Bertz CT molecular complexity index is 774. The van der Waals surface area contributed by atoms with Gasteiger partial charge in [-0.15, -0.1) is 0 Å². The van der Waals surface area contributed by atoms with Gasteiger partial charge in [0.15, 0.2) is 0 Å². The molecule has 1 aromatic carbocycles. The van der Waals surface area contributed by atoms with Crippen LogP contribution < -0.4 is 14.8 Å². The van der Waals surface area contributed by atoms with E-state index in [1.807, 2.05) is 0 Å². The molecule has 1 aliphatic carbocycles. The van der Waals surface area contributed by atoms with Crippen LogP contribution in [0.5, 0.6) is 11.5 Å². The summed E-state index contributed by atoms with van der Waals surface area (Å²) in [5, 5.41) is 3.06. The summed E-state index contributed by atoms with van der Waals surface area (Å²) >= 11 is 0. The summed E-state index contributed by atoms with van der Waals surface area (Å²) in [5.74, 6) is 0.482. The number of nitrogens with one attached hydrogen (secondary N) is 1. The fourth-order valence-corrected chi connectivity index (χ4v) is 5.78. The summed E-state index contributed by atoms with van der Waals surface area (Å²) < 4.78 is 38.3. The molecule has 7 nitrogen and oxygen atoms in total. The van der Waals surface area contributed by atoms with Crippen LogP contribution in [0.3, 0.4) is 0 Å². The number of rotatable bonds is 6. The van der Waals surface area contributed by atoms with Crippen LogP contribution in [-0.2, 0) is 14.8 Å². The summed E-state index contributed by atoms with van der Waals surface area (Å²) in [6.45, 7) is 0.325. The number of hydrogen-bond acceptors (Lipinski definition) is 5. The number of amides is 1. The van der Waals surface area contributed by atoms with Crippen LogP contribution in [0.2, 0.25) is 0 Å². The molecule has 1 atom stereocenters. The van der Waals surface area contributed by atoms with E-state index in [4.69, 9.17) is 9.47 Å². The maximum Gasteiger partial charge on any atom is 0.247 e. The zero-order valence-corrected chi connectivity index (χ0v) is 16.8. The molecule has 0 radical (unpaired) electrons. The van der Waals surface area contributed by atoms with Crippen LogP contribution in [0.1, 0.15) is 44.9 Å². The largest absolute Gasteiger partial charge is 0.497 e. The topological polar surface area (TPSA) is 84.9 Å². The molecule has 1 saturated carbocycles. The highest BCUT2D eigenvalue weighted by molar-refractivity contribution is 7.89. The number of hydrogen-bond donors (Lipinski definition) is 1. The SMILES string of the molecule is COc1ccc(OC)c(S(=O)(=O)N2CCC[C@H]2C(=O)NC2CCCCC2)c1. The standard InChI is InChI=1S/C19H28N2O5S/c1-25-15-10-11-17(26-2)18(13-15)27(23,24)21-12-6-9-16(21)19(22)20-14-7-4-3-5-8-14/h10-11,13-14,16H,3-9,12H2,1-2H3,(H,20,22)/t16-/m0/s1. The molecular weight excluding hydrogens is 368 g/mol. The van der Waals surface area contributed by atoms with Crippen molar-refractivity contribution in [3.8, 4) is 11.5 Å². The van der Waals surface area contributed by atoms with Crippen molar-refractivity contribution in [3.05, 3.63) is 18.2 Å². The lowest BCUT2D eigenvalue weighted by Gasteiger charge is -2.28. The molecule has 150 valence electrons. The monoisotopic (exact) mass is 396 g/mol. The van der Waals surface area contributed by atoms with Crippen molar-refractivity contribution in [2.45, 2.75) is 61.9 Å². The van der Waals surface area contributed by atoms with Crippen LogP contribution in [0.15, 0.2) is 23.1 Å². The first-order valence-electron chi connectivity index (χ1n) is 9.51. The van der Waals surface area contributed by atoms with Crippen LogP contribution in [-0.4, -0.2) is 51.5 Å². The highest BCUT2D eigenvalue weighted by atomic mass is 32.2. The lowest BCUT2D eigenvalue weighted by molar-refractivity contribution is -0.125. The second-order valence-electron chi connectivity index (χ2n) is 7.13. The summed E-state index contributed by atoms with van der Waals surface area (Å²) in [6.07, 6.45) is 6.55. The van der Waals surface area contributed by atoms with Gasteiger partial charge in [-0.05, 0) is 37.8 Å². The van der Waals surface area contributed by atoms with Crippen molar-refractivity contribution in [3.63, 3.8) is 0 Å². The van der Waals surface area contributed by atoms with E-state index in [1.165, 1.54) is 31.0 Å². The highest BCUT2D eigenvalue weighted by Crippen LogP contribution is 2.34. The quantitative estimate of drug-likeness (QED) is 0.798. The highest BCUT2D eigenvalue weighted by Gasteiger charge is 2.41. The molecule has 2 fully saturated rings. The second-order valence-corrected chi connectivity index (χ2v) is 8.99. The minimum absolute atomic E-state index is 0.0294. The van der Waals surface area contributed by atoms with Gasteiger partial charge in [0.25, 0.3) is 0 Å². The number of benzene rings is 1. The third-order valence-corrected chi connectivity index (χ3v) is 7.34. The number of sulfonamides is 1. The van der Waals surface area contributed by atoms with Gasteiger partial charge in [0.1, 0.15) is 22.4 Å². The fourth-order valence-electron chi connectivity index (χ4n) is 3.95. The van der Waals surface area contributed by atoms with Gasteiger partial charge >= 0.3 is 0 Å². The van der Waals surface area contributed by atoms with E-state index in [2.05, 4.69) is 5.32 Å². The number of methoxy groups -OCH3 is 2. The molecule has 1 N–H and O–H groups in total. The van der Waals surface area contributed by atoms with Gasteiger partial charge in [0, 0.05) is 18.7 Å². The van der Waals surface area contributed by atoms with E-state index in [-0.39, 0.29) is 22.6 Å². The van der Waals surface area contributed by atoms with Gasteiger partial charge in [-0.2, -0.15) is 4.31 Å². The number of carbonyl (C=O) groups is 1. The van der Waals surface area contributed by atoms with Gasteiger partial charge in [0.2, 0.25) is 15.9 Å². The Labute approximate surface area is 161 Å². The Kier molecular flexibility index (Phi) is 6.26. The van der Waals surface area contributed by atoms with Gasteiger partial charge in [-0.25, -0.2) is 8.42 Å². The number of carbonyl (C=O) groups excluding carboxylic acids is 1. The predicted molar refractivity (Wildman–Crippen MR) is 101 cm³/mol. The maximum absolute atomic E-state index is 13.3. The molecule has 0 bridgehead atoms. The van der Waals surface area contributed by atoms with E-state index in [0.717, 1.165) is 25.7 Å². The second kappa shape index (κ2) is 8.48. The first kappa shape index (κ1) is 19.9. The predicted octanol–water partition coefficient (Wildman–Crippen LogP) is 2.31. The van der Waals surface area contributed by atoms with Crippen molar-refractivity contribution in [2.24, 2.45) is 0 Å². The average Bonchev–Trinajstić information content (AvgIpc) is 3.19. The molecule has 1 saturated heterocycles. The van der Waals surface area contributed by atoms with Gasteiger partial charge in [-0.1, -0.05) is 19.3 Å². The smallest absolute Gasteiger partial charge is 0.247 e. The van der Waals surface area contributed by atoms with Crippen LogP contribution in [0.4, 0.5) is 0 Å². The molecule has 27 heavy (non-hydrogen) atoms. The van der Waals surface area contributed by atoms with E-state index in [0.29, 0.717) is 25.1 Å². The Balaban J connectivity index is 1.83. The van der Waals surface area contributed by atoms with Gasteiger partial charge < -0.3 is 14.8 Å². The van der Waals surface area contributed by atoms with Crippen molar-refractivity contribution in [1.29, 1.82) is 0 Å². The third-order valence-electron chi connectivity index (χ3n) is 5.42. The molecular formula is C19H28N2O5S. The van der Waals surface area contributed by atoms with E-state index < -0.39 is 16.1 Å². The minimum Gasteiger partial charge on any atom is -0.497 e. The zero-order valence-electron chi connectivity index (χ0n) is 15.9. The van der Waals surface area contributed by atoms with Crippen molar-refractivity contribution >= 4 is 15.9 Å². The van der Waals surface area contributed by atoms with Gasteiger partial charge in [0.05, 0.1) is 14.2 Å². The van der Waals surface area contributed by atoms with Crippen molar-refractivity contribution < 1.29 is 22.7 Å². The van der Waals surface area contributed by atoms with E-state index in [9.17, 15) is 13.2 Å². The third kappa shape index (κ3) is 4.21. The van der Waals surface area contributed by atoms with Crippen LogP contribution in [0.25, 0.3) is 0 Å². The number of ether oxygens (including phenoxy) is 2. The molecule has 1 aromatic rings. The maximum atomic E-state index is 13.3. The molecule has 0 unspecified atom stereocenters. The number of nitrogens with zero attached hydrogens (tertiary/aromatic N) is 1. The van der Waals surface area contributed by atoms with Crippen molar-refractivity contribution in [2.75, 3.05) is 20.8 Å². The summed E-state index contributed by atoms with van der Waals surface area (Å²) in [5.41, 5.74) is 0. The van der Waals surface area contributed by atoms with E-state index in [1.54, 1.807) is 12.1 Å². The van der Waals surface area contributed by atoms with Gasteiger partial charge in [-0.3, -0.25) is 4.79 Å². The normalized spacial score (nSPS) is 21.8. The lowest BCUT2D eigenvalue weighted by Crippen LogP contribution is -2.49. The average molecular weight is 397 g/mol. The lowest BCUT2D eigenvalue weighted by atomic mass is 9.95. The van der Waals surface area contributed by atoms with Crippen molar-refractivity contribution in [1.82, 2.24) is 9.62 Å². The van der Waals surface area contributed by atoms with Crippen LogP contribution in [0, 0.1) is 0 Å². The molecule has 0 spiro atoms. The Hall–Kier alpha value is -1.80. The molecule has 0 aromatic heterocycles. The first-order chi connectivity index (χ1) is 13.0. The Morgan fingerprint density at radius 2 is 1.81 bits per heavy atom. The summed E-state index contributed by atoms with van der Waals surface area (Å²) in [6, 6.07) is 4.15. The summed E-state index contributed by atoms with van der Waals surface area (Å²) in [4.78, 5) is 12.8. The molecule has 1 aliphatic heterocycles.